The van der Waals surface area contributed by atoms with Gasteiger partial charge in [0.2, 0.25) is 0 Å². The molecule has 0 aromatic carbocycles. The van der Waals surface area contributed by atoms with E-state index in [-0.39, 0.29) is 18.2 Å². The molecule has 1 aliphatic heterocycles. The quantitative estimate of drug-likeness (QED) is 0.259. The van der Waals surface area contributed by atoms with Crippen LogP contribution < -0.4 is 0 Å². The van der Waals surface area contributed by atoms with E-state index in [1.165, 1.54) is 7.11 Å². The molecule has 0 radical (unpaired) electrons. The lowest BCUT2D eigenvalue weighted by molar-refractivity contribution is -0.142. The summed E-state index contributed by atoms with van der Waals surface area (Å²) in [4.78, 5) is 20.7. The van der Waals surface area contributed by atoms with Crippen LogP contribution in [0.2, 0.25) is 0 Å². The normalized spacial score (nSPS) is 26.4. The van der Waals surface area contributed by atoms with E-state index >= 15 is 0 Å². The van der Waals surface area contributed by atoms with Crippen LogP contribution in [-0.4, -0.2) is 31.6 Å². The van der Waals surface area contributed by atoms with Crippen LogP contribution in [0.25, 0.3) is 0 Å². The first-order valence-corrected chi connectivity index (χ1v) is 3.96. The summed E-state index contributed by atoms with van der Waals surface area (Å²) in [6.07, 6.45) is 2.56. The average Bonchev–Trinajstić information content (AvgIpc) is 2.83. The van der Waals surface area contributed by atoms with Gasteiger partial charge in [0.15, 0.2) is 6.10 Å². The minimum atomic E-state index is -0.373. The molecule has 0 bridgehead atoms. The van der Waals surface area contributed by atoms with E-state index < -0.39 is 0 Å². The van der Waals surface area contributed by atoms with Gasteiger partial charge in [0, 0.05) is 6.42 Å². The van der Waals surface area contributed by atoms with Crippen LogP contribution in [0.15, 0.2) is 0 Å². The molecule has 0 amide bonds. The summed E-state index contributed by atoms with van der Waals surface area (Å²) in [5.74, 6) is -0.314. The molecule has 0 unspecified atom stereocenters. The Bertz CT molecular complexity index is 178. The van der Waals surface area contributed by atoms with E-state index in [4.69, 9.17) is 4.74 Å². The zero-order valence-corrected chi connectivity index (χ0v) is 6.99. The van der Waals surface area contributed by atoms with Gasteiger partial charge in [-0.2, -0.15) is 0 Å². The molecule has 2 atom stereocenters. The molecule has 0 aromatic rings. The molecule has 1 rings (SSSR count). The molecule has 0 aromatic heterocycles. The molecule has 1 saturated heterocycles. The van der Waals surface area contributed by atoms with Crippen molar-refractivity contribution in [3.05, 3.63) is 0 Å². The van der Waals surface area contributed by atoms with Gasteiger partial charge in [-0.3, -0.25) is 0 Å². The molecular formula is C8H12O4. The second kappa shape index (κ2) is 4.21. The van der Waals surface area contributed by atoms with Crippen molar-refractivity contribution in [1.82, 2.24) is 0 Å². The van der Waals surface area contributed by atoms with Gasteiger partial charge in [0.05, 0.1) is 13.2 Å². The van der Waals surface area contributed by atoms with Crippen LogP contribution in [0.1, 0.15) is 19.3 Å². The number of carbonyl (C=O) groups excluding carboxylic acids is 2. The average molecular weight is 172 g/mol. The van der Waals surface area contributed by atoms with E-state index in [1.807, 2.05) is 0 Å². The fourth-order valence-corrected chi connectivity index (χ4v) is 1.09. The van der Waals surface area contributed by atoms with Crippen LogP contribution in [-0.2, 0) is 19.1 Å². The fourth-order valence-electron chi connectivity index (χ4n) is 1.09. The summed E-state index contributed by atoms with van der Waals surface area (Å²) in [7, 11) is 1.34. The number of esters is 1. The van der Waals surface area contributed by atoms with Crippen LogP contribution in [0, 0.1) is 0 Å². The van der Waals surface area contributed by atoms with Gasteiger partial charge in [-0.15, -0.1) is 0 Å². The largest absolute Gasteiger partial charge is 0.467 e. The van der Waals surface area contributed by atoms with Gasteiger partial charge in [-0.25, -0.2) is 4.79 Å². The number of rotatable bonds is 5. The van der Waals surface area contributed by atoms with Crippen molar-refractivity contribution in [2.24, 2.45) is 0 Å². The molecule has 0 saturated carbocycles. The first kappa shape index (κ1) is 9.19. The second-order valence-corrected chi connectivity index (χ2v) is 2.72. The number of ether oxygens (including phenoxy) is 2. The summed E-state index contributed by atoms with van der Waals surface area (Å²) >= 11 is 0. The fraction of sp³-hybridized carbons (Fsp3) is 0.750. The monoisotopic (exact) mass is 172 g/mol. The molecule has 1 heterocycles. The standard InChI is InChI=1S/C8H12O4/c1-11-8(10)7-6(12-7)4-2-3-5-9/h5-7H,2-4H2,1H3/t6-,7-/m0/s1. The number of hydrogen-bond acceptors (Lipinski definition) is 4. The number of epoxide rings is 1. The van der Waals surface area contributed by atoms with E-state index in [1.54, 1.807) is 0 Å². The SMILES string of the molecule is COC(=O)[C@H]1O[C@H]1CCCC=O. The maximum Gasteiger partial charge on any atom is 0.337 e. The number of hydrogen-bond donors (Lipinski definition) is 0. The molecule has 12 heavy (non-hydrogen) atoms. The number of aldehydes is 1. The molecular weight excluding hydrogens is 160 g/mol. The van der Waals surface area contributed by atoms with Gasteiger partial charge in [0.1, 0.15) is 6.29 Å². The Morgan fingerprint density at radius 1 is 1.67 bits per heavy atom. The number of carbonyl (C=O) groups is 2. The van der Waals surface area contributed by atoms with Crippen molar-refractivity contribution in [3.8, 4) is 0 Å². The van der Waals surface area contributed by atoms with Crippen molar-refractivity contribution < 1.29 is 19.1 Å². The molecule has 0 spiro atoms. The lowest BCUT2D eigenvalue weighted by Crippen LogP contribution is -2.11. The molecule has 68 valence electrons. The van der Waals surface area contributed by atoms with Crippen molar-refractivity contribution >= 4 is 12.3 Å². The summed E-state index contributed by atoms with van der Waals surface area (Å²) in [5.41, 5.74) is 0. The van der Waals surface area contributed by atoms with Crippen molar-refractivity contribution in [2.75, 3.05) is 7.11 Å². The summed E-state index contributed by atoms with van der Waals surface area (Å²) in [5, 5.41) is 0. The van der Waals surface area contributed by atoms with Crippen LogP contribution in [0.5, 0.6) is 0 Å². The van der Waals surface area contributed by atoms with Crippen molar-refractivity contribution in [3.63, 3.8) is 0 Å². The lowest BCUT2D eigenvalue weighted by atomic mass is 10.1. The van der Waals surface area contributed by atoms with Gasteiger partial charge in [-0.1, -0.05) is 0 Å². The predicted molar refractivity (Wildman–Crippen MR) is 40.6 cm³/mol. The van der Waals surface area contributed by atoms with Gasteiger partial charge in [0.25, 0.3) is 0 Å². The van der Waals surface area contributed by atoms with Crippen molar-refractivity contribution in [2.45, 2.75) is 31.5 Å². The minimum Gasteiger partial charge on any atom is -0.467 e. The first-order valence-electron chi connectivity index (χ1n) is 3.96. The second-order valence-electron chi connectivity index (χ2n) is 2.72. The zero-order valence-electron chi connectivity index (χ0n) is 6.99. The molecule has 1 fully saturated rings. The van der Waals surface area contributed by atoms with Gasteiger partial charge < -0.3 is 14.3 Å². The van der Waals surface area contributed by atoms with Gasteiger partial charge >= 0.3 is 5.97 Å². The maximum atomic E-state index is 10.8. The van der Waals surface area contributed by atoms with Crippen LogP contribution >= 0.6 is 0 Å². The van der Waals surface area contributed by atoms with Crippen LogP contribution in [0.3, 0.4) is 0 Å². The van der Waals surface area contributed by atoms with E-state index in [0.29, 0.717) is 6.42 Å². The summed E-state index contributed by atoms with van der Waals surface area (Å²) in [6.45, 7) is 0. The summed E-state index contributed by atoms with van der Waals surface area (Å²) < 4.78 is 9.50. The first-order chi connectivity index (χ1) is 5.79. The molecule has 0 N–H and O–H groups in total. The van der Waals surface area contributed by atoms with E-state index in [0.717, 1.165) is 19.1 Å². The maximum absolute atomic E-state index is 10.8. The Kier molecular flexibility index (Phi) is 3.22. The Hall–Kier alpha value is -0.900. The molecule has 1 aliphatic rings. The highest BCUT2D eigenvalue weighted by molar-refractivity contribution is 5.77. The predicted octanol–water partition coefficient (Wildman–Crippen LogP) is 0.296. The lowest BCUT2D eigenvalue weighted by Gasteiger charge is -1.92. The molecule has 4 heteroatoms. The third kappa shape index (κ3) is 2.30. The smallest absolute Gasteiger partial charge is 0.337 e. The third-order valence-electron chi connectivity index (χ3n) is 1.83. The van der Waals surface area contributed by atoms with Gasteiger partial charge in [-0.05, 0) is 12.8 Å². The topological polar surface area (TPSA) is 55.9 Å². The van der Waals surface area contributed by atoms with E-state index in [2.05, 4.69) is 4.74 Å². The highest BCUT2D eigenvalue weighted by Gasteiger charge is 2.45. The number of unbranched alkanes of at least 4 members (excludes halogenated alkanes) is 1. The highest BCUT2D eigenvalue weighted by Crippen LogP contribution is 2.27. The zero-order chi connectivity index (χ0) is 8.97. The Morgan fingerprint density at radius 3 is 3.00 bits per heavy atom. The minimum absolute atomic E-state index is 0.0163. The highest BCUT2D eigenvalue weighted by atomic mass is 16.6. The Morgan fingerprint density at radius 2 is 2.42 bits per heavy atom. The molecule has 4 nitrogen and oxygen atoms in total. The Labute approximate surface area is 70.8 Å². The Balaban J connectivity index is 2.07. The van der Waals surface area contributed by atoms with Crippen LogP contribution in [0.4, 0.5) is 0 Å². The van der Waals surface area contributed by atoms with Crippen molar-refractivity contribution in [1.29, 1.82) is 0 Å². The van der Waals surface area contributed by atoms with E-state index in [9.17, 15) is 9.59 Å². The third-order valence-corrected chi connectivity index (χ3v) is 1.83. The molecule has 0 aliphatic carbocycles. The number of methoxy groups -OCH3 is 1. The summed E-state index contributed by atoms with van der Waals surface area (Å²) in [6, 6.07) is 0.